The van der Waals surface area contributed by atoms with Crippen LogP contribution in [-0.2, 0) is 11.2 Å². The van der Waals surface area contributed by atoms with E-state index >= 15 is 0 Å². The fourth-order valence-corrected chi connectivity index (χ4v) is 3.16. The number of carboxylic acid groups (broad SMARTS) is 1. The zero-order valence-electron chi connectivity index (χ0n) is 16.5. The Bertz CT molecular complexity index is 982. The lowest BCUT2D eigenvalue weighted by Gasteiger charge is -2.13. The maximum absolute atomic E-state index is 13.1. The summed E-state index contributed by atoms with van der Waals surface area (Å²) in [4.78, 5) is 24.0. The second-order valence-electron chi connectivity index (χ2n) is 6.61. The molecule has 0 bridgehead atoms. The van der Waals surface area contributed by atoms with Crippen LogP contribution in [0.4, 0.5) is 21.9 Å². The van der Waals surface area contributed by atoms with Gasteiger partial charge in [0, 0.05) is 17.6 Å². The smallest absolute Gasteiger partial charge is 0.409 e. The average molecular weight is 392 g/mol. The number of hydrogen-bond donors (Lipinski definition) is 3. The number of amides is 2. The van der Waals surface area contributed by atoms with Crippen LogP contribution < -0.4 is 15.6 Å². The van der Waals surface area contributed by atoms with Gasteiger partial charge in [0.15, 0.2) is 0 Å². The normalized spacial score (nSPS) is 14.8. The highest BCUT2D eigenvalue weighted by molar-refractivity contribution is 6.30. The molecule has 1 aliphatic heterocycles. The number of para-hydroxylation sites is 1. The van der Waals surface area contributed by atoms with E-state index in [-0.39, 0.29) is 5.91 Å². The van der Waals surface area contributed by atoms with Gasteiger partial charge in [0.05, 0.1) is 17.0 Å². The second kappa shape index (κ2) is 9.05. The molecule has 7 nitrogen and oxygen atoms in total. The molecule has 0 saturated heterocycles. The van der Waals surface area contributed by atoms with Gasteiger partial charge in [-0.3, -0.25) is 10.1 Å². The van der Waals surface area contributed by atoms with E-state index in [1.165, 1.54) is 5.01 Å². The molecule has 1 aliphatic rings. The summed E-state index contributed by atoms with van der Waals surface area (Å²) in [6, 6.07) is 14.6. The molecule has 3 rings (SSSR count). The van der Waals surface area contributed by atoms with Crippen molar-refractivity contribution in [2.75, 3.05) is 15.6 Å². The number of carbonyl (C=O) groups excluding carboxylic acids is 1. The number of hydrazone groups is 1. The van der Waals surface area contributed by atoms with E-state index in [0.717, 1.165) is 24.1 Å². The standard InChI is InChI=1S/C22H24N4O3/c1-3-8-20-18(14-23-19-12-6-5-9-15(19)4-2)21(27)26(25-20)17-11-7-10-16(13-17)24-22(28)29/h5-7,9-14,23-24H,3-4,8H2,1-2H3,(H,28,29)/b18-14+. The van der Waals surface area contributed by atoms with Gasteiger partial charge in [0.2, 0.25) is 0 Å². The predicted octanol–water partition coefficient (Wildman–Crippen LogP) is 4.84. The van der Waals surface area contributed by atoms with Gasteiger partial charge < -0.3 is 10.4 Å². The Labute approximate surface area is 169 Å². The third kappa shape index (κ3) is 4.63. The van der Waals surface area contributed by atoms with Crippen LogP contribution in [0.25, 0.3) is 0 Å². The molecule has 0 radical (unpaired) electrons. The second-order valence-corrected chi connectivity index (χ2v) is 6.61. The van der Waals surface area contributed by atoms with E-state index < -0.39 is 6.09 Å². The predicted molar refractivity (Wildman–Crippen MR) is 115 cm³/mol. The summed E-state index contributed by atoms with van der Waals surface area (Å²) in [6.45, 7) is 4.11. The van der Waals surface area contributed by atoms with E-state index in [9.17, 15) is 9.59 Å². The SMILES string of the molecule is CCCC1=NN(c2cccc(NC(=O)O)c2)C(=O)/C1=C/Nc1ccccc1CC. The minimum Gasteiger partial charge on any atom is -0.465 e. The molecule has 2 amide bonds. The van der Waals surface area contributed by atoms with E-state index in [0.29, 0.717) is 29.1 Å². The number of nitrogens with zero attached hydrogens (tertiary/aromatic N) is 2. The van der Waals surface area contributed by atoms with Crippen molar-refractivity contribution in [2.24, 2.45) is 5.10 Å². The van der Waals surface area contributed by atoms with Gasteiger partial charge in [0.1, 0.15) is 0 Å². The Balaban J connectivity index is 1.89. The van der Waals surface area contributed by atoms with Crippen molar-refractivity contribution in [1.82, 2.24) is 0 Å². The van der Waals surface area contributed by atoms with Crippen LogP contribution in [0.5, 0.6) is 0 Å². The van der Waals surface area contributed by atoms with E-state index in [1.807, 2.05) is 31.2 Å². The average Bonchev–Trinajstić information content (AvgIpc) is 3.02. The first-order chi connectivity index (χ1) is 14.0. The molecule has 2 aromatic rings. The molecule has 0 fully saturated rings. The Morgan fingerprint density at radius 2 is 1.97 bits per heavy atom. The highest BCUT2D eigenvalue weighted by Crippen LogP contribution is 2.28. The zero-order valence-corrected chi connectivity index (χ0v) is 16.5. The van der Waals surface area contributed by atoms with Crippen LogP contribution in [0, 0.1) is 0 Å². The van der Waals surface area contributed by atoms with Crippen molar-refractivity contribution < 1.29 is 14.7 Å². The van der Waals surface area contributed by atoms with E-state index in [2.05, 4.69) is 22.7 Å². The lowest BCUT2D eigenvalue weighted by molar-refractivity contribution is -0.114. The highest BCUT2D eigenvalue weighted by Gasteiger charge is 2.30. The van der Waals surface area contributed by atoms with Crippen molar-refractivity contribution in [3.8, 4) is 0 Å². The summed E-state index contributed by atoms with van der Waals surface area (Å²) in [5.74, 6) is -0.248. The quantitative estimate of drug-likeness (QED) is 0.588. The fraction of sp³-hybridized carbons (Fsp3) is 0.227. The highest BCUT2D eigenvalue weighted by atomic mass is 16.4. The molecule has 0 saturated carbocycles. The minimum absolute atomic E-state index is 0.248. The molecular formula is C22H24N4O3. The maximum Gasteiger partial charge on any atom is 0.409 e. The van der Waals surface area contributed by atoms with Gasteiger partial charge in [0.25, 0.3) is 5.91 Å². The van der Waals surface area contributed by atoms with Crippen LogP contribution in [0.15, 0.2) is 65.4 Å². The summed E-state index contributed by atoms with van der Waals surface area (Å²) in [7, 11) is 0. The van der Waals surface area contributed by atoms with Crippen LogP contribution in [0.2, 0.25) is 0 Å². The first-order valence-corrected chi connectivity index (χ1v) is 9.60. The number of benzene rings is 2. The Morgan fingerprint density at radius 3 is 2.69 bits per heavy atom. The molecular weight excluding hydrogens is 368 g/mol. The summed E-state index contributed by atoms with van der Waals surface area (Å²) >= 11 is 0. The third-order valence-corrected chi connectivity index (χ3v) is 4.55. The minimum atomic E-state index is -1.16. The first kappa shape index (κ1) is 20.1. The third-order valence-electron chi connectivity index (χ3n) is 4.55. The van der Waals surface area contributed by atoms with Gasteiger partial charge in [-0.2, -0.15) is 10.1 Å². The maximum atomic E-state index is 13.1. The molecule has 0 atom stereocenters. The number of aryl methyl sites for hydroxylation is 1. The lowest BCUT2D eigenvalue weighted by atomic mass is 10.1. The van der Waals surface area contributed by atoms with Crippen molar-refractivity contribution in [3.05, 3.63) is 65.9 Å². The Morgan fingerprint density at radius 1 is 1.17 bits per heavy atom. The number of nitrogens with one attached hydrogen (secondary N) is 2. The fourth-order valence-electron chi connectivity index (χ4n) is 3.16. The largest absolute Gasteiger partial charge is 0.465 e. The monoisotopic (exact) mass is 392 g/mol. The molecule has 3 N–H and O–H groups in total. The molecule has 0 aliphatic carbocycles. The molecule has 1 heterocycles. The molecule has 0 spiro atoms. The van der Waals surface area contributed by atoms with Gasteiger partial charge in [-0.15, -0.1) is 0 Å². The molecule has 0 unspecified atom stereocenters. The van der Waals surface area contributed by atoms with Crippen LogP contribution in [-0.4, -0.2) is 22.8 Å². The summed E-state index contributed by atoms with van der Waals surface area (Å²) < 4.78 is 0. The van der Waals surface area contributed by atoms with Gasteiger partial charge in [-0.1, -0.05) is 44.5 Å². The van der Waals surface area contributed by atoms with Crippen LogP contribution in [0.1, 0.15) is 32.3 Å². The summed E-state index contributed by atoms with van der Waals surface area (Å²) in [5, 5.41) is 20.3. The van der Waals surface area contributed by atoms with Gasteiger partial charge >= 0.3 is 6.09 Å². The molecule has 0 aromatic heterocycles. The molecule has 150 valence electrons. The lowest BCUT2D eigenvalue weighted by Crippen LogP contribution is -2.22. The molecule has 29 heavy (non-hydrogen) atoms. The van der Waals surface area contributed by atoms with Crippen molar-refractivity contribution in [1.29, 1.82) is 0 Å². The van der Waals surface area contributed by atoms with E-state index in [4.69, 9.17) is 5.11 Å². The Hall–Kier alpha value is -3.61. The first-order valence-electron chi connectivity index (χ1n) is 9.60. The zero-order chi connectivity index (χ0) is 20.8. The number of hydrogen-bond acceptors (Lipinski definition) is 4. The van der Waals surface area contributed by atoms with Crippen LogP contribution in [0.3, 0.4) is 0 Å². The van der Waals surface area contributed by atoms with Gasteiger partial charge in [-0.25, -0.2) is 4.79 Å². The molecule has 2 aromatic carbocycles. The number of rotatable bonds is 7. The van der Waals surface area contributed by atoms with Gasteiger partial charge in [-0.05, 0) is 42.7 Å². The summed E-state index contributed by atoms with van der Waals surface area (Å²) in [6.07, 6.45) is 2.95. The van der Waals surface area contributed by atoms with Crippen molar-refractivity contribution in [3.63, 3.8) is 0 Å². The van der Waals surface area contributed by atoms with Crippen molar-refractivity contribution >= 4 is 34.8 Å². The number of carbonyl (C=O) groups is 2. The number of anilines is 3. The summed E-state index contributed by atoms with van der Waals surface area (Å²) in [5.41, 5.74) is 4.21. The molecule has 7 heteroatoms. The topological polar surface area (TPSA) is 94.0 Å². The Kier molecular flexibility index (Phi) is 6.29. The van der Waals surface area contributed by atoms with Crippen molar-refractivity contribution in [2.45, 2.75) is 33.1 Å². The van der Waals surface area contributed by atoms with E-state index in [1.54, 1.807) is 30.5 Å². The van der Waals surface area contributed by atoms with Crippen LogP contribution >= 0.6 is 0 Å².